The van der Waals surface area contributed by atoms with Gasteiger partial charge in [-0.3, -0.25) is 0 Å². The fourth-order valence-corrected chi connectivity index (χ4v) is 2.61. The molecule has 0 bridgehead atoms. The lowest BCUT2D eigenvalue weighted by Crippen LogP contribution is -2.16. The number of rotatable bonds is 5. The molecule has 1 nitrogen and oxygen atoms in total. The summed E-state index contributed by atoms with van der Waals surface area (Å²) >= 11 is 0. The Morgan fingerprint density at radius 3 is 1.95 bits per heavy atom. The van der Waals surface area contributed by atoms with Crippen LogP contribution < -0.4 is 0 Å². The van der Waals surface area contributed by atoms with Gasteiger partial charge in [-0.25, -0.2) is 0 Å². The molecule has 1 aromatic carbocycles. The van der Waals surface area contributed by atoms with Crippen molar-refractivity contribution in [3.8, 4) is 0 Å². The van der Waals surface area contributed by atoms with Gasteiger partial charge in [0.05, 0.1) is 12.4 Å². The van der Waals surface area contributed by atoms with Crippen molar-refractivity contribution >= 4 is 10.2 Å². The van der Waals surface area contributed by atoms with Gasteiger partial charge in [-0.15, -0.1) is 6.58 Å². The van der Waals surface area contributed by atoms with Gasteiger partial charge in [0.25, 0.3) is 10.2 Å². The van der Waals surface area contributed by atoms with E-state index in [4.69, 9.17) is 0 Å². The molecule has 1 rings (SSSR count). The third-order valence-corrected chi connectivity index (χ3v) is 3.35. The van der Waals surface area contributed by atoms with Crippen molar-refractivity contribution < 1.29 is 24.2 Å². The maximum Gasteiger partial charge on any atom is 0.286 e. The molecule has 0 saturated heterocycles. The molecule has 0 fully saturated rings. The molecule has 0 N–H and O–H groups in total. The van der Waals surface area contributed by atoms with Crippen molar-refractivity contribution in [1.82, 2.24) is 0 Å². The highest BCUT2D eigenvalue weighted by molar-refractivity contribution is 8.45. The monoisotopic (exact) mass is 318 g/mol. The Balaban J connectivity index is 0.000000621. The van der Waals surface area contributed by atoms with E-state index in [2.05, 4.69) is 11.3 Å². The summed E-state index contributed by atoms with van der Waals surface area (Å²) in [4.78, 5) is 0. The summed E-state index contributed by atoms with van der Waals surface area (Å²) in [6.45, 7) is 5.22. The maximum atomic E-state index is 12.2. The topological polar surface area (TPSA) is 9.23 Å². The van der Waals surface area contributed by atoms with Gasteiger partial charge in [0.15, 0.2) is 0 Å². The lowest BCUT2D eigenvalue weighted by molar-refractivity contribution is 0.234. The quantitative estimate of drug-likeness (QED) is 0.484. The standard InChI is InChI=1S/C9H11F5S.C4H8O/c1-8(7-15(10,11,12,13)14)9-5-3-2-4-6-9;1-3-4-5-2/h2-6,8H,7H2,1H3;3H,1,4H2,2H3. The number of hydrogen-bond donors (Lipinski definition) is 0. The van der Waals surface area contributed by atoms with Crippen LogP contribution in [0.1, 0.15) is 18.4 Å². The van der Waals surface area contributed by atoms with Crippen LogP contribution in [0.2, 0.25) is 0 Å². The van der Waals surface area contributed by atoms with Gasteiger partial charge in [-0.2, -0.15) is 0 Å². The Morgan fingerprint density at radius 1 is 1.15 bits per heavy atom. The van der Waals surface area contributed by atoms with Gasteiger partial charge in [0.2, 0.25) is 0 Å². The molecule has 0 heterocycles. The van der Waals surface area contributed by atoms with Crippen LogP contribution in [0.3, 0.4) is 0 Å². The van der Waals surface area contributed by atoms with E-state index < -0.39 is 21.9 Å². The Morgan fingerprint density at radius 2 is 1.65 bits per heavy atom. The molecule has 0 aliphatic carbocycles. The summed E-state index contributed by atoms with van der Waals surface area (Å²) < 4.78 is 65.3. The summed E-state index contributed by atoms with van der Waals surface area (Å²) in [5, 5.41) is 0. The van der Waals surface area contributed by atoms with E-state index >= 15 is 0 Å². The van der Waals surface area contributed by atoms with Gasteiger partial charge in [-0.1, -0.05) is 62.8 Å². The highest BCUT2D eigenvalue weighted by atomic mass is 32.5. The smallest absolute Gasteiger partial charge is 0.286 e. The predicted octanol–water partition coefficient (Wildman–Crippen LogP) is 5.91. The van der Waals surface area contributed by atoms with Crippen molar-refractivity contribution in [2.24, 2.45) is 0 Å². The van der Waals surface area contributed by atoms with Crippen LogP contribution in [-0.4, -0.2) is 19.5 Å². The number of benzene rings is 1. The molecule has 0 saturated carbocycles. The molecule has 7 heteroatoms. The molecule has 0 aliphatic heterocycles. The number of ether oxygens (including phenoxy) is 1. The second-order valence-corrected chi connectivity index (χ2v) is 6.94. The molecule has 1 unspecified atom stereocenters. The van der Waals surface area contributed by atoms with E-state index in [1.54, 1.807) is 19.3 Å². The highest BCUT2D eigenvalue weighted by Gasteiger charge is 2.63. The average Bonchev–Trinajstić information content (AvgIpc) is 2.28. The van der Waals surface area contributed by atoms with Crippen molar-refractivity contribution in [3.05, 3.63) is 48.6 Å². The van der Waals surface area contributed by atoms with E-state index in [1.807, 2.05) is 0 Å². The lowest BCUT2D eigenvalue weighted by atomic mass is 10.0. The zero-order valence-electron chi connectivity index (χ0n) is 11.4. The first kappa shape index (κ1) is 18.9. The van der Waals surface area contributed by atoms with Gasteiger partial charge in [-0.05, 0) is 11.5 Å². The third kappa shape index (κ3) is 10.8. The zero-order chi connectivity index (χ0) is 15.9. The molecule has 0 spiro atoms. The predicted molar refractivity (Wildman–Crippen MR) is 74.9 cm³/mol. The van der Waals surface area contributed by atoms with Crippen molar-refractivity contribution in [3.63, 3.8) is 0 Å². The van der Waals surface area contributed by atoms with E-state index in [9.17, 15) is 19.4 Å². The Hall–Kier alpha value is -1.08. The van der Waals surface area contributed by atoms with Crippen LogP contribution in [0.25, 0.3) is 0 Å². The maximum absolute atomic E-state index is 12.2. The fourth-order valence-electron chi connectivity index (χ4n) is 1.47. The van der Waals surface area contributed by atoms with Crippen LogP contribution >= 0.6 is 10.2 Å². The molecule has 1 aromatic rings. The van der Waals surface area contributed by atoms with Gasteiger partial charge >= 0.3 is 0 Å². The van der Waals surface area contributed by atoms with Crippen molar-refractivity contribution in [2.45, 2.75) is 12.8 Å². The van der Waals surface area contributed by atoms with Crippen LogP contribution in [0.5, 0.6) is 0 Å². The molecular formula is C13H19F5OS. The van der Waals surface area contributed by atoms with Gasteiger partial charge < -0.3 is 4.74 Å². The SMILES string of the molecule is C=CCOC.CC(CS(F)(F)(F)(F)F)c1ccccc1. The Bertz CT molecular complexity index is 415. The minimum Gasteiger partial charge on any atom is -0.381 e. The van der Waals surface area contributed by atoms with E-state index in [0.717, 1.165) is 6.92 Å². The molecule has 0 amide bonds. The summed E-state index contributed by atoms with van der Waals surface area (Å²) in [7, 11) is -7.66. The molecule has 0 aromatic heterocycles. The van der Waals surface area contributed by atoms with Crippen LogP contribution in [0.4, 0.5) is 19.4 Å². The summed E-state index contributed by atoms with van der Waals surface area (Å²) in [5.41, 5.74) is 0.269. The molecule has 0 radical (unpaired) electrons. The van der Waals surface area contributed by atoms with E-state index in [-0.39, 0.29) is 5.56 Å². The second kappa shape index (κ2) is 6.13. The Kier molecular flexibility index (Phi) is 5.80. The molecule has 118 valence electrons. The first-order valence-electron chi connectivity index (χ1n) is 5.76. The van der Waals surface area contributed by atoms with Gasteiger partial charge in [0, 0.05) is 7.11 Å². The minimum atomic E-state index is -9.30. The first-order valence-corrected chi connectivity index (χ1v) is 7.88. The number of hydrogen-bond acceptors (Lipinski definition) is 1. The van der Waals surface area contributed by atoms with Crippen LogP contribution in [-0.2, 0) is 4.74 Å². The molecule has 20 heavy (non-hydrogen) atoms. The number of methoxy groups -OCH3 is 1. The van der Waals surface area contributed by atoms with Crippen molar-refractivity contribution in [2.75, 3.05) is 19.5 Å². The van der Waals surface area contributed by atoms with Crippen LogP contribution in [0, 0.1) is 0 Å². The summed E-state index contributed by atoms with van der Waals surface area (Å²) in [6.07, 6.45) is 1.71. The summed E-state index contributed by atoms with van der Waals surface area (Å²) in [5.74, 6) is -3.26. The molecular weight excluding hydrogens is 299 g/mol. The van der Waals surface area contributed by atoms with Gasteiger partial charge in [0.1, 0.15) is 0 Å². The largest absolute Gasteiger partial charge is 0.381 e. The normalized spacial score (nSPS) is 16.1. The van der Waals surface area contributed by atoms with Crippen LogP contribution in [0.15, 0.2) is 43.0 Å². The van der Waals surface area contributed by atoms with E-state index in [1.165, 1.54) is 24.3 Å². The minimum absolute atomic E-state index is 0.269. The second-order valence-electron chi connectivity index (χ2n) is 4.35. The average molecular weight is 318 g/mol. The zero-order valence-corrected chi connectivity index (χ0v) is 12.2. The summed E-state index contributed by atoms with van der Waals surface area (Å²) in [6, 6.07) is 7.49. The number of halogens is 5. The third-order valence-electron chi connectivity index (χ3n) is 2.22. The molecule has 0 aliphatic rings. The highest BCUT2D eigenvalue weighted by Crippen LogP contribution is 2.98. The van der Waals surface area contributed by atoms with Crippen molar-refractivity contribution in [1.29, 1.82) is 0 Å². The van der Waals surface area contributed by atoms with E-state index in [0.29, 0.717) is 6.61 Å². The first-order chi connectivity index (χ1) is 8.88. The Labute approximate surface area is 116 Å². The lowest BCUT2D eigenvalue weighted by Gasteiger charge is -2.42. The fraction of sp³-hybridized carbons (Fsp3) is 0.385. The molecule has 1 atom stereocenters.